The predicted octanol–water partition coefficient (Wildman–Crippen LogP) is -0.218. The third-order valence-corrected chi connectivity index (χ3v) is 6.33. The molecule has 0 atom stereocenters. The number of fused-ring (bicyclic) bond motifs is 3. The van der Waals surface area contributed by atoms with Crippen molar-refractivity contribution < 1.29 is 63.2 Å². The van der Waals surface area contributed by atoms with Crippen LogP contribution in [0.4, 0.5) is 0 Å². The summed E-state index contributed by atoms with van der Waals surface area (Å²) in [4.78, 5) is 26.3. The van der Waals surface area contributed by atoms with Gasteiger partial charge < -0.3 is 28.8 Å². The van der Waals surface area contributed by atoms with Crippen molar-refractivity contribution in [3.8, 4) is 23.0 Å². The van der Waals surface area contributed by atoms with Crippen LogP contribution in [0.5, 0.6) is 23.0 Å². The molecule has 11 heteroatoms. The fraction of sp³-hybridized carbons (Fsp3) is 0.120. The smallest absolute Gasteiger partial charge is 0.545 e. The second kappa shape index (κ2) is 9.90. The van der Waals surface area contributed by atoms with Crippen molar-refractivity contribution >= 4 is 40.1 Å². The normalized spacial score (nSPS) is 13.8. The Kier molecular flexibility index (Phi) is 6.67. The van der Waals surface area contributed by atoms with Gasteiger partial charge in [-0.1, -0.05) is 12.1 Å². The zero-order chi connectivity index (χ0) is 23.9. The number of carbonyl (C=O) groups is 2. The summed E-state index contributed by atoms with van der Waals surface area (Å²) >= 11 is 1.02. The van der Waals surface area contributed by atoms with Crippen molar-refractivity contribution in [1.82, 2.24) is 8.75 Å². The van der Waals surface area contributed by atoms with Crippen molar-refractivity contribution in [3.05, 3.63) is 76.9 Å². The first-order valence-electron chi connectivity index (χ1n) is 10.6. The van der Waals surface area contributed by atoms with Gasteiger partial charge in [-0.15, -0.1) is 0 Å². The van der Waals surface area contributed by atoms with E-state index >= 15 is 0 Å². The molecular formula is C25H15N2NaO7S. The quantitative estimate of drug-likeness (QED) is 0.197. The van der Waals surface area contributed by atoms with E-state index in [2.05, 4.69) is 8.75 Å². The van der Waals surface area contributed by atoms with E-state index in [9.17, 15) is 14.7 Å². The molecule has 0 unspecified atom stereocenters. The molecule has 0 aliphatic carbocycles. The fourth-order valence-electron chi connectivity index (χ4n) is 4.10. The summed E-state index contributed by atoms with van der Waals surface area (Å²) in [6.45, 7) is 0.155. The van der Waals surface area contributed by atoms with Crippen molar-refractivity contribution in [1.29, 1.82) is 0 Å². The van der Waals surface area contributed by atoms with Crippen LogP contribution in [0.15, 0.2) is 60.2 Å². The van der Waals surface area contributed by atoms with Gasteiger partial charge in [-0.3, -0.25) is 4.79 Å². The third-order valence-electron chi connectivity index (χ3n) is 5.78. The van der Waals surface area contributed by atoms with Crippen LogP contribution in [0, 0.1) is 0 Å². The zero-order valence-corrected chi connectivity index (χ0v) is 21.8. The molecule has 0 spiro atoms. The molecule has 0 radical (unpaired) electrons. The molecule has 0 fully saturated rings. The van der Waals surface area contributed by atoms with Crippen molar-refractivity contribution in [2.45, 2.75) is 6.42 Å². The van der Waals surface area contributed by atoms with Gasteiger partial charge in [0.1, 0.15) is 11.0 Å². The summed E-state index contributed by atoms with van der Waals surface area (Å²) < 4.78 is 29.9. The molecule has 3 aromatic carbocycles. The SMILES string of the molecule is O=C([O-])C(=C(Cc1ccc2c(c1)OCO2)C(=O)c1ccc2c(c1)OCO2)c1ccc2nsnc2c1.[Na+]. The van der Waals surface area contributed by atoms with E-state index in [-0.39, 0.29) is 66.3 Å². The molecule has 0 bridgehead atoms. The monoisotopic (exact) mass is 510 g/mol. The number of nitrogens with zero attached hydrogens (tertiary/aromatic N) is 2. The van der Waals surface area contributed by atoms with Gasteiger partial charge in [0, 0.05) is 23.1 Å². The average molecular weight is 510 g/mol. The fourth-order valence-corrected chi connectivity index (χ4v) is 4.62. The first kappa shape index (κ1) is 24.3. The van der Waals surface area contributed by atoms with E-state index in [4.69, 9.17) is 18.9 Å². The number of hydrogen-bond donors (Lipinski definition) is 0. The molecule has 36 heavy (non-hydrogen) atoms. The van der Waals surface area contributed by atoms with Gasteiger partial charge in [0.05, 0.1) is 17.7 Å². The Labute approximate surface area is 230 Å². The predicted molar refractivity (Wildman–Crippen MR) is 123 cm³/mol. The van der Waals surface area contributed by atoms with Crippen LogP contribution in [0.25, 0.3) is 16.6 Å². The first-order valence-corrected chi connectivity index (χ1v) is 11.3. The summed E-state index contributed by atoms with van der Waals surface area (Å²) in [6, 6.07) is 14.8. The number of aliphatic carboxylic acids is 1. The molecule has 4 aromatic rings. The molecule has 2 aliphatic heterocycles. The summed E-state index contributed by atoms with van der Waals surface area (Å²) in [5.41, 5.74) is 2.23. The van der Waals surface area contributed by atoms with Crippen LogP contribution in [0.3, 0.4) is 0 Å². The number of allylic oxidation sites excluding steroid dienone is 1. The molecule has 1 aromatic heterocycles. The molecule has 6 rings (SSSR count). The number of carbonyl (C=O) groups excluding carboxylic acids is 2. The van der Waals surface area contributed by atoms with E-state index in [0.717, 1.165) is 11.7 Å². The Morgan fingerprint density at radius 1 is 0.778 bits per heavy atom. The number of carboxylic acid groups (broad SMARTS) is 1. The average Bonchev–Trinajstić information content (AvgIpc) is 3.62. The van der Waals surface area contributed by atoms with Crippen molar-refractivity contribution in [2.75, 3.05) is 13.6 Å². The van der Waals surface area contributed by atoms with Crippen molar-refractivity contribution in [2.24, 2.45) is 0 Å². The molecule has 0 saturated heterocycles. The van der Waals surface area contributed by atoms with Gasteiger partial charge in [0.15, 0.2) is 28.8 Å². The van der Waals surface area contributed by atoms with Gasteiger partial charge in [0.25, 0.3) is 0 Å². The Morgan fingerprint density at radius 3 is 2.17 bits per heavy atom. The number of ether oxygens (including phenoxy) is 4. The maximum atomic E-state index is 13.8. The van der Waals surface area contributed by atoms with E-state index in [1.807, 2.05) is 0 Å². The summed E-state index contributed by atoms with van der Waals surface area (Å²) in [5.74, 6) is 0.104. The summed E-state index contributed by atoms with van der Waals surface area (Å²) in [7, 11) is 0. The van der Waals surface area contributed by atoms with Gasteiger partial charge in [-0.05, 0) is 53.6 Å². The van der Waals surface area contributed by atoms with E-state index in [0.29, 0.717) is 45.2 Å². The second-order valence-electron chi connectivity index (χ2n) is 7.87. The number of ketones is 1. The standard InChI is InChI=1S/C25H16N2O7S.Na/c28-24(15-3-6-20-22(10-15)34-12-32-20)16(7-13-1-5-19-21(8-13)33-11-31-19)23(25(29)30)14-2-4-17-18(9-14)27-35-26-17;/h1-6,8-10H,7,11-12H2,(H,29,30);/q;+1/p-1. The zero-order valence-electron chi connectivity index (χ0n) is 19.0. The topological polar surface area (TPSA) is 120 Å². The third kappa shape index (κ3) is 4.44. The van der Waals surface area contributed by atoms with E-state index in [1.165, 1.54) is 0 Å². The number of carboxylic acids is 1. The van der Waals surface area contributed by atoms with Crippen LogP contribution < -0.4 is 53.6 Å². The maximum absolute atomic E-state index is 13.8. The van der Waals surface area contributed by atoms with Gasteiger partial charge in [-0.25, -0.2) is 0 Å². The minimum absolute atomic E-state index is 0. The van der Waals surface area contributed by atoms with Crippen LogP contribution in [-0.4, -0.2) is 34.1 Å². The van der Waals surface area contributed by atoms with E-state index in [1.54, 1.807) is 54.6 Å². The Morgan fingerprint density at radius 2 is 1.42 bits per heavy atom. The molecular weight excluding hydrogens is 495 g/mol. The Hall–Kier alpha value is -3.44. The minimum Gasteiger partial charge on any atom is -0.545 e. The number of benzene rings is 3. The Balaban J connectivity index is 0.00000267. The number of aromatic nitrogens is 2. The van der Waals surface area contributed by atoms with Gasteiger partial charge in [-0.2, -0.15) is 8.75 Å². The van der Waals surface area contributed by atoms with E-state index < -0.39 is 11.8 Å². The number of Topliss-reactive ketones (excluding diaryl/α,β-unsaturated/α-hetero) is 1. The molecule has 0 amide bonds. The molecule has 0 N–H and O–H groups in total. The molecule has 9 nitrogen and oxygen atoms in total. The van der Waals surface area contributed by atoms with Gasteiger partial charge in [0.2, 0.25) is 13.6 Å². The van der Waals surface area contributed by atoms with Crippen LogP contribution >= 0.6 is 11.7 Å². The van der Waals surface area contributed by atoms with Crippen molar-refractivity contribution in [3.63, 3.8) is 0 Å². The second-order valence-corrected chi connectivity index (χ2v) is 8.40. The number of rotatable bonds is 6. The van der Waals surface area contributed by atoms with Gasteiger partial charge >= 0.3 is 29.6 Å². The first-order chi connectivity index (χ1) is 17.1. The Bertz CT molecular complexity index is 1550. The summed E-state index contributed by atoms with van der Waals surface area (Å²) in [5, 5.41) is 12.5. The molecule has 174 valence electrons. The van der Waals surface area contributed by atoms with Crippen LogP contribution in [-0.2, 0) is 11.2 Å². The maximum Gasteiger partial charge on any atom is 1.00 e. The molecule has 3 heterocycles. The molecule has 2 aliphatic rings. The number of hydrogen-bond acceptors (Lipinski definition) is 10. The van der Waals surface area contributed by atoms with Crippen LogP contribution in [0.2, 0.25) is 0 Å². The minimum atomic E-state index is -1.47. The molecule has 0 saturated carbocycles. The summed E-state index contributed by atoms with van der Waals surface area (Å²) in [6.07, 6.45) is 0.0145. The van der Waals surface area contributed by atoms with Crippen LogP contribution in [0.1, 0.15) is 21.5 Å². The largest absolute Gasteiger partial charge is 1.00 e.